The van der Waals surface area contributed by atoms with Crippen molar-refractivity contribution < 1.29 is 27.5 Å². The Morgan fingerprint density at radius 1 is 0.941 bits per heavy atom. The van der Waals surface area contributed by atoms with Gasteiger partial charge in [-0.2, -0.15) is 13.2 Å². The van der Waals surface area contributed by atoms with E-state index in [4.69, 9.17) is 4.74 Å². The second-order valence-corrected chi connectivity index (χ2v) is 8.23. The van der Waals surface area contributed by atoms with Gasteiger partial charge in [-0.3, -0.25) is 9.59 Å². The monoisotopic (exact) mass is 468 g/mol. The molecule has 1 unspecified atom stereocenters. The van der Waals surface area contributed by atoms with Gasteiger partial charge in [0.05, 0.1) is 18.2 Å². The van der Waals surface area contributed by atoms with E-state index in [1.165, 1.54) is 26.2 Å². The molecule has 0 aliphatic heterocycles. The highest BCUT2D eigenvalue weighted by Gasteiger charge is 2.30. The Morgan fingerprint density at radius 3 is 2.29 bits per heavy atom. The maximum absolute atomic E-state index is 13.2. The van der Waals surface area contributed by atoms with E-state index >= 15 is 0 Å². The van der Waals surface area contributed by atoms with Gasteiger partial charge in [0.25, 0.3) is 5.91 Å². The molecule has 0 saturated carbocycles. The SMILES string of the molecule is COc1ccc(-c2ccc(C(F)(F)F)cc2)c(C(=O)Nc2ccc3c(c2)CC(NC(C)=O)C3)c1. The van der Waals surface area contributed by atoms with Crippen LogP contribution in [0.15, 0.2) is 60.7 Å². The van der Waals surface area contributed by atoms with Crippen molar-refractivity contribution in [1.29, 1.82) is 0 Å². The molecule has 2 amide bonds. The Hall–Kier alpha value is -3.81. The second kappa shape index (κ2) is 9.21. The number of benzene rings is 3. The molecule has 2 N–H and O–H groups in total. The number of hydrogen-bond donors (Lipinski definition) is 2. The van der Waals surface area contributed by atoms with E-state index in [-0.39, 0.29) is 17.5 Å². The summed E-state index contributed by atoms with van der Waals surface area (Å²) in [7, 11) is 1.47. The van der Waals surface area contributed by atoms with Crippen LogP contribution in [0.4, 0.5) is 18.9 Å². The Morgan fingerprint density at radius 2 is 1.65 bits per heavy atom. The van der Waals surface area contributed by atoms with Crippen molar-refractivity contribution in [2.75, 3.05) is 12.4 Å². The van der Waals surface area contributed by atoms with Gasteiger partial charge < -0.3 is 15.4 Å². The third-order valence-electron chi connectivity index (χ3n) is 5.80. The lowest BCUT2D eigenvalue weighted by molar-refractivity contribution is -0.137. The van der Waals surface area contributed by atoms with Crippen molar-refractivity contribution in [2.24, 2.45) is 0 Å². The maximum atomic E-state index is 13.2. The molecule has 176 valence electrons. The fraction of sp³-hybridized carbons (Fsp3) is 0.231. The molecule has 3 aromatic rings. The van der Waals surface area contributed by atoms with E-state index in [1.54, 1.807) is 24.3 Å². The smallest absolute Gasteiger partial charge is 0.416 e. The summed E-state index contributed by atoms with van der Waals surface area (Å²) in [6, 6.07) is 15.2. The van der Waals surface area contributed by atoms with Gasteiger partial charge in [-0.15, -0.1) is 0 Å². The van der Waals surface area contributed by atoms with Gasteiger partial charge in [0.2, 0.25) is 5.91 Å². The fourth-order valence-corrected chi connectivity index (χ4v) is 4.21. The van der Waals surface area contributed by atoms with Crippen molar-refractivity contribution in [1.82, 2.24) is 5.32 Å². The summed E-state index contributed by atoms with van der Waals surface area (Å²) in [5.41, 5.74) is 3.23. The molecule has 0 heterocycles. The highest BCUT2D eigenvalue weighted by molar-refractivity contribution is 6.09. The molecule has 0 aromatic heterocycles. The number of fused-ring (bicyclic) bond motifs is 1. The number of methoxy groups -OCH3 is 1. The van der Waals surface area contributed by atoms with Gasteiger partial charge in [-0.25, -0.2) is 0 Å². The second-order valence-electron chi connectivity index (χ2n) is 8.23. The molecule has 0 spiro atoms. The minimum Gasteiger partial charge on any atom is -0.497 e. The molecule has 1 atom stereocenters. The number of amides is 2. The number of nitrogens with one attached hydrogen (secondary N) is 2. The molecule has 0 bridgehead atoms. The van der Waals surface area contributed by atoms with E-state index in [0.29, 0.717) is 29.0 Å². The number of ether oxygens (including phenoxy) is 1. The molecule has 3 aromatic carbocycles. The Kier molecular flexibility index (Phi) is 6.32. The zero-order valence-corrected chi connectivity index (χ0v) is 18.6. The van der Waals surface area contributed by atoms with Gasteiger partial charge in [0.15, 0.2) is 0 Å². The highest BCUT2D eigenvalue weighted by Crippen LogP contribution is 2.33. The molecule has 1 aliphatic carbocycles. The summed E-state index contributed by atoms with van der Waals surface area (Å²) in [6.45, 7) is 1.48. The summed E-state index contributed by atoms with van der Waals surface area (Å²) in [5.74, 6) is -0.0433. The Balaban J connectivity index is 1.60. The summed E-state index contributed by atoms with van der Waals surface area (Å²) in [5, 5.41) is 5.79. The van der Waals surface area contributed by atoms with Crippen LogP contribution in [-0.2, 0) is 23.8 Å². The van der Waals surface area contributed by atoms with Crippen molar-refractivity contribution in [2.45, 2.75) is 32.0 Å². The summed E-state index contributed by atoms with van der Waals surface area (Å²) < 4.78 is 44.1. The van der Waals surface area contributed by atoms with E-state index in [9.17, 15) is 22.8 Å². The maximum Gasteiger partial charge on any atom is 0.416 e. The summed E-state index contributed by atoms with van der Waals surface area (Å²) in [4.78, 5) is 24.6. The summed E-state index contributed by atoms with van der Waals surface area (Å²) in [6.07, 6.45) is -3.03. The first-order valence-electron chi connectivity index (χ1n) is 10.7. The van der Waals surface area contributed by atoms with Crippen molar-refractivity contribution in [3.63, 3.8) is 0 Å². The molecule has 1 aliphatic rings. The molecule has 0 radical (unpaired) electrons. The van der Waals surface area contributed by atoms with Crippen LogP contribution >= 0.6 is 0 Å². The topological polar surface area (TPSA) is 67.4 Å². The number of carbonyl (C=O) groups excluding carboxylic acids is 2. The zero-order valence-electron chi connectivity index (χ0n) is 18.6. The van der Waals surface area contributed by atoms with Crippen LogP contribution in [-0.4, -0.2) is 25.0 Å². The molecule has 0 fully saturated rings. The third-order valence-corrected chi connectivity index (χ3v) is 5.80. The molecule has 0 saturated heterocycles. The number of alkyl halides is 3. The zero-order chi connectivity index (χ0) is 24.5. The van der Waals surface area contributed by atoms with Gasteiger partial charge in [-0.1, -0.05) is 18.2 Å². The van der Waals surface area contributed by atoms with Crippen LogP contribution in [0.3, 0.4) is 0 Å². The first-order chi connectivity index (χ1) is 16.1. The largest absolute Gasteiger partial charge is 0.497 e. The minimum absolute atomic E-state index is 0.0307. The quantitative estimate of drug-likeness (QED) is 0.539. The van der Waals surface area contributed by atoms with Crippen LogP contribution in [0.2, 0.25) is 0 Å². The number of anilines is 1. The van der Waals surface area contributed by atoms with E-state index in [1.807, 2.05) is 12.1 Å². The van der Waals surface area contributed by atoms with Crippen LogP contribution in [0, 0.1) is 0 Å². The van der Waals surface area contributed by atoms with E-state index < -0.39 is 17.6 Å². The van der Waals surface area contributed by atoms with Gasteiger partial charge in [0.1, 0.15) is 5.75 Å². The Bertz CT molecular complexity index is 1240. The van der Waals surface area contributed by atoms with Gasteiger partial charge in [-0.05, 0) is 77.6 Å². The normalized spacial score (nSPS) is 14.9. The molecule has 34 heavy (non-hydrogen) atoms. The fourth-order valence-electron chi connectivity index (χ4n) is 4.21. The van der Waals surface area contributed by atoms with Crippen LogP contribution in [0.5, 0.6) is 5.75 Å². The van der Waals surface area contributed by atoms with Gasteiger partial charge in [0, 0.05) is 18.7 Å². The molecule has 4 rings (SSSR count). The van der Waals surface area contributed by atoms with Crippen LogP contribution in [0.1, 0.15) is 34.0 Å². The third kappa shape index (κ3) is 5.06. The summed E-state index contributed by atoms with van der Waals surface area (Å²) >= 11 is 0. The molecule has 5 nitrogen and oxygen atoms in total. The number of hydrogen-bond acceptors (Lipinski definition) is 3. The number of halogens is 3. The number of rotatable bonds is 5. The van der Waals surface area contributed by atoms with Crippen molar-refractivity contribution in [3.05, 3.63) is 82.9 Å². The lowest BCUT2D eigenvalue weighted by atomic mass is 9.97. The number of carbonyl (C=O) groups is 2. The minimum atomic E-state index is -4.44. The first kappa shape index (κ1) is 23.4. The first-order valence-corrected chi connectivity index (χ1v) is 10.7. The predicted octanol–water partition coefficient (Wildman–Crippen LogP) is 5.24. The van der Waals surface area contributed by atoms with Crippen molar-refractivity contribution in [3.8, 4) is 16.9 Å². The van der Waals surface area contributed by atoms with E-state index in [2.05, 4.69) is 10.6 Å². The average molecular weight is 468 g/mol. The lowest BCUT2D eigenvalue weighted by Crippen LogP contribution is -2.33. The van der Waals surface area contributed by atoms with Crippen LogP contribution in [0.25, 0.3) is 11.1 Å². The molecule has 8 heteroatoms. The average Bonchev–Trinajstić information content (AvgIpc) is 3.19. The lowest BCUT2D eigenvalue weighted by Gasteiger charge is -2.14. The van der Waals surface area contributed by atoms with Crippen molar-refractivity contribution >= 4 is 17.5 Å². The van der Waals surface area contributed by atoms with E-state index in [0.717, 1.165) is 29.7 Å². The van der Waals surface area contributed by atoms with Gasteiger partial charge >= 0.3 is 6.18 Å². The Labute approximate surface area is 194 Å². The van der Waals surface area contributed by atoms with Crippen LogP contribution < -0.4 is 15.4 Å². The highest BCUT2D eigenvalue weighted by atomic mass is 19.4. The molecular weight excluding hydrogens is 445 g/mol. The standard InChI is InChI=1S/C26H23F3N2O3/c1-15(32)30-21-11-17-5-8-20(12-18(17)13-21)31-25(33)24-14-22(34-2)9-10-23(24)16-3-6-19(7-4-16)26(27,28)29/h3-10,12,14,21H,11,13H2,1-2H3,(H,30,32)(H,31,33). The molecular formula is C26H23F3N2O3. The predicted molar refractivity (Wildman–Crippen MR) is 123 cm³/mol.